The molecule has 3 aromatic rings. The Balaban J connectivity index is 1.57. The third kappa shape index (κ3) is 1.85. The monoisotopic (exact) mass is 267 g/mol. The zero-order valence-corrected chi connectivity index (χ0v) is 10.8. The van der Waals surface area contributed by atoms with Crippen molar-refractivity contribution in [2.45, 2.75) is 13.0 Å². The predicted molar refractivity (Wildman–Crippen MR) is 73.7 cm³/mol. The van der Waals surface area contributed by atoms with Crippen LogP contribution in [0.1, 0.15) is 11.3 Å². The van der Waals surface area contributed by atoms with Crippen LogP contribution in [-0.2, 0) is 13.0 Å². The number of nitrogens with one attached hydrogen (secondary N) is 1. The fourth-order valence-corrected chi connectivity index (χ4v) is 2.39. The van der Waals surface area contributed by atoms with Crippen LogP contribution >= 0.6 is 0 Å². The predicted octanol–water partition coefficient (Wildman–Crippen LogP) is 1.67. The SMILES string of the molecule is c1ccn2cc(CNc3ncnc4c3CCO4)nc2c1. The van der Waals surface area contributed by atoms with Crippen molar-refractivity contribution >= 4 is 11.5 Å². The molecule has 0 saturated carbocycles. The molecule has 0 amide bonds. The molecule has 0 unspecified atom stereocenters. The molecule has 0 spiro atoms. The van der Waals surface area contributed by atoms with E-state index < -0.39 is 0 Å². The van der Waals surface area contributed by atoms with E-state index in [1.807, 2.05) is 35.0 Å². The van der Waals surface area contributed by atoms with Crippen molar-refractivity contribution in [2.24, 2.45) is 0 Å². The van der Waals surface area contributed by atoms with E-state index in [-0.39, 0.29) is 0 Å². The summed E-state index contributed by atoms with van der Waals surface area (Å²) < 4.78 is 7.43. The summed E-state index contributed by atoms with van der Waals surface area (Å²) in [6, 6.07) is 5.95. The van der Waals surface area contributed by atoms with E-state index in [0.29, 0.717) is 19.0 Å². The van der Waals surface area contributed by atoms with E-state index in [2.05, 4.69) is 20.3 Å². The van der Waals surface area contributed by atoms with E-state index in [0.717, 1.165) is 29.1 Å². The summed E-state index contributed by atoms with van der Waals surface area (Å²) in [4.78, 5) is 12.9. The van der Waals surface area contributed by atoms with Gasteiger partial charge >= 0.3 is 0 Å². The topological polar surface area (TPSA) is 64.3 Å². The maximum Gasteiger partial charge on any atom is 0.221 e. The van der Waals surface area contributed by atoms with Gasteiger partial charge in [-0.15, -0.1) is 0 Å². The van der Waals surface area contributed by atoms with Crippen LogP contribution in [0.3, 0.4) is 0 Å². The van der Waals surface area contributed by atoms with Gasteiger partial charge in [-0.2, -0.15) is 0 Å². The van der Waals surface area contributed by atoms with Gasteiger partial charge in [0.15, 0.2) is 0 Å². The first-order chi connectivity index (χ1) is 9.90. The Labute approximate surface area is 115 Å². The van der Waals surface area contributed by atoms with Gasteiger partial charge < -0.3 is 14.5 Å². The van der Waals surface area contributed by atoms with E-state index >= 15 is 0 Å². The number of fused-ring (bicyclic) bond motifs is 2. The van der Waals surface area contributed by atoms with Gasteiger partial charge in [-0.3, -0.25) is 0 Å². The van der Waals surface area contributed by atoms with Crippen molar-refractivity contribution in [1.82, 2.24) is 19.4 Å². The Morgan fingerprint density at radius 1 is 1.30 bits per heavy atom. The summed E-state index contributed by atoms with van der Waals surface area (Å²) in [6.45, 7) is 1.31. The highest BCUT2D eigenvalue weighted by atomic mass is 16.5. The quantitative estimate of drug-likeness (QED) is 0.782. The van der Waals surface area contributed by atoms with Crippen molar-refractivity contribution in [3.8, 4) is 5.88 Å². The highest BCUT2D eigenvalue weighted by Gasteiger charge is 2.18. The molecule has 0 aromatic carbocycles. The minimum atomic E-state index is 0.630. The first-order valence-electron chi connectivity index (χ1n) is 6.53. The highest BCUT2D eigenvalue weighted by Crippen LogP contribution is 2.27. The molecule has 3 aromatic heterocycles. The lowest BCUT2D eigenvalue weighted by atomic mass is 10.2. The molecule has 4 rings (SSSR count). The van der Waals surface area contributed by atoms with Gasteiger partial charge in [0.1, 0.15) is 17.8 Å². The normalized spacial score (nSPS) is 13.2. The third-order valence-electron chi connectivity index (χ3n) is 3.35. The Morgan fingerprint density at radius 2 is 2.30 bits per heavy atom. The summed E-state index contributed by atoms with van der Waals surface area (Å²) >= 11 is 0. The third-order valence-corrected chi connectivity index (χ3v) is 3.35. The van der Waals surface area contributed by atoms with Crippen molar-refractivity contribution < 1.29 is 4.74 Å². The second-order valence-electron chi connectivity index (χ2n) is 4.66. The average Bonchev–Trinajstić information content (AvgIpc) is 3.11. The number of anilines is 1. The largest absolute Gasteiger partial charge is 0.477 e. The lowest BCUT2D eigenvalue weighted by molar-refractivity contribution is 0.344. The Bertz CT molecular complexity index is 734. The summed E-state index contributed by atoms with van der Waals surface area (Å²) in [7, 11) is 0. The fraction of sp³-hybridized carbons (Fsp3) is 0.214. The molecule has 0 aliphatic carbocycles. The minimum Gasteiger partial charge on any atom is -0.477 e. The van der Waals surface area contributed by atoms with Gasteiger partial charge in [0.05, 0.1) is 24.4 Å². The minimum absolute atomic E-state index is 0.630. The molecular weight excluding hydrogens is 254 g/mol. The molecule has 0 radical (unpaired) electrons. The van der Waals surface area contributed by atoms with Crippen LogP contribution in [0.4, 0.5) is 5.82 Å². The van der Waals surface area contributed by atoms with Gasteiger partial charge in [0, 0.05) is 18.8 Å². The van der Waals surface area contributed by atoms with Crippen molar-refractivity contribution in [3.63, 3.8) is 0 Å². The second-order valence-corrected chi connectivity index (χ2v) is 4.66. The average molecular weight is 267 g/mol. The molecule has 0 atom stereocenters. The first-order valence-corrected chi connectivity index (χ1v) is 6.53. The van der Waals surface area contributed by atoms with Crippen molar-refractivity contribution in [3.05, 3.63) is 48.2 Å². The maximum atomic E-state index is 5.43. The van der Waals surface area contributed by atoms with E-state index in [1.54, 1.807) is 0 Å². The lowest BCUT2D eigenvalue weighted by Gasteiger charge is -2.06. The number of nitrogens with zero attached hydrogens (tertiary/aromatic N) is 4. The van der Waals surface area contributed by atoms with E-state index in [1.165, 1.54) is 6.33 Å². The van der Waals surface area contributed by atoms with Gasteiger partial charge in [-0.05, 0) is 12.1 Å². The molecule has 0 saturated heterocycles. The number of hydrogen-bond donors (Lipinski definition) is 1. The smallest absolute Gasteiger partial charge is 0.221 e. The Morgan fingerprint density at radius 3 is 3.25 bits per heavy atom. The van der Waals surface area contributed by atoms with E-state index in [9.17, 15) is 0 Å². The van der Waals surface area contributed by atoms with E-state index in [4.69, 9.17) is 4.74 Å². The molecule has 4 heterocycles. The molecule has 1 N–H and O–H groups in total. The van der Waals surface area contributed by atoms with Crippen LogP contribution in [0, 0.1) is 0 Å². The molecule has 100 valence electrons. The van der Waals surface area contributed by atoms with Crippen LogP contribution in [0.25, 0.3) is 5.65 Å². The van der Waals surface area contributed by atoms with Gasteiger partial charge in [0.2, 0.25) is 5.88 Å². The number of hydrogen-bond acceptors (Lipinski definition) is 5. The number of rotatable bonds is 3. The number of pyridine rings is 1. The molecule has 6 nitrogen and oxygen atoms in total. The Kier molecular flexibility index (Phi) is 2.51. The first kappa shape index (κ1) is 11.2. The summed E-state index contributed by atoms with van der Waals surface area (Å²) in [5, 5.41) is 3.32. The van der Waals surface area contributed by atoms with Crippen LogP contribution in [0.2, 0.25) is 0 Å². The van der Waals surface area contributed by atoms with Crippen LogP contribution < -0.4 is 10.1 Å². The van der Waals surface area contributed by atoms with Crippen LogP contribution in [0.15, 0.2) is 36.9 Å². The van der Waals surface area contributed by atoms with Crippen LogP contribution in [0.5, 0.6) is 5.88 Å². The fourth-order valence-electron chi connectivity index (χ4n) is 2.39. The second kappa shape index (κ2) is 4.48. The molecule has 0 bridgehead atoms. The van der Waals surface area contributed by atoms with Crippen molar-refractivity contribution in [1.29, 1.82) is 0 Å². The maximum absolute atomic E-state index is 5.43. The number of imidazole rings is 1. The summed E-state index contributed by atoms with van der Waals surface area (Å²) in [5.74, 6) is 1.53. The zero-order chi connectivity index (χ0) is 13.4. The number of ether oxygens (including phenoxy) is 1. The Hall–Kier alpha value is -2.63. The highest BCUT2D eigenvalue weighted by molar-refractivity contribution is 5.50. The standard InChI is InChI=1S/C14H13N5O/c1-2-5-19-8-10(18-12(19)3-1)7-15-13-11-4-6-20-14(11)17-9-16-13/h1-3,5,8-9H,4,6-7H2,(H,15,16,17). The van der Waals surface area contributed by atoms with Crippen LogP contribution in [-0.4, -0.2) is 26.0 Å². The molecule has 0 fully saturated rings. The van der Waals surface area contributed by atoms with Crippen molar-refractivity contribution in [2.75, 3.05) is 11.9 Å². The molecule has 1 aliphatic rings. The molecule has 1 aliphatic heterocycles. The number of aromatic nitrogens is 4. The molecule has 20 heavy (non-hydrogen) atoms. The van der Waals surface area contributed by atoms with Gasteiger partial charge in [0.25, 0.3) is 0 Å². The van der Waals surface area contributed by atoms with Gasteiger partial charge in [-0.25, -0.2) is 15.0 Å². The van der Waals surface area contributed by atoms with Gasteiger partial charge in [-0.1, -0.05) is 6.07 Å². The summed E-state index contributed by atoms with van der Waals surface area (Å²) in [6.07, 6.45) is 6.38. The molecular formula is C14H13N5O. The zero-order valence-electron chi connectivity index (χ0n) is 10.8. The molecule has 6 heteroatoms. The lowest BCUT2D eigenvalue weighted by Crippen LogP contribution is -2.04. The summed E-state index contributed by atoms with van der Waals surface area (Å²) in [5.41, 5.74) is 2.97.